The molecule has 0 amide bonds. The van der Waals surface area contributed by atoms with Crippen LogP contribution in [0.5, 0.6) is 11.5 Å². The van der Waals surface area contributed by atoms with Crippen LogP contribution >= 0.6 is 15.9 Å². The van der Waals surface area contributed by atoms with Crippen LogP contribution in [0.25, 0.3) is 0 Å². The number of hydrogen-bond acceptors (Lipinski definition) is 3. The van der Waals surface area contributed by atoms with E-state index in [0.717, 1.165) is 21.9 Å². The Kier molecular flexibility index (Phi) is 4.79. The zero-order chi connectivity index (χ0) is 14.5. The molecule has 0 aliphatic rings. The fraction of sp³-hybridized carbons (Fsp3) is 0.188. The molecule has 3 nitrogen and oxygen atoms in total. The van der Waals surface area contributed by atoms with E-state index >= 15 is 0 Å². The van der Waals surface area contributed by atoms with Crippen LogP contribution in [0.15, 0.2) is 40.9 Å². The Morgan fingerprint density at radius 2 is 1.95 bits per heavy atom. The van der Waals surface area contributed by atoms with Crippen molar-refractivity contribution in [2.24, 2.45) is 0 Å². The highest BCUT2D eigenvalue weighted by Gasteiger charge is 2.15. The number of benzene rings is 2. The third-order valence-corrected chi connectivity index (χ3v) is 4.05. The van der Waals surface area contributed by atoms with Gasteiger partial charge >= 0.3 is 0 Å². The van der Waals surface area contributed by atoms with E-state index in [9.17, 15) is 4.79 Å². The summed E-state index contributed by atoms with van der Waals surface area (Å²) >= 11 is 3.40. The van der Waals surface area contributed by atoms with Crippen LogP contribution in [0.3, 0.4) is 0 Å². The minimum absolute atomic E-state index is 0.427. The molecule has 2 rings (SSSR count). The van der Waals surface area contributed by atoms with Crippen LogP contribution in [0.4, 0.5) is 0 Å². The van der Waals surface area contributed by atoms with Gasteiger partial charge in [0.05, 0.1) is 7.11 Å². The second-order valence-electron chi connectivity index (χ2n) is 4.33. The minimum Gasteiger partial charge on any atom is -0.493 e. The molecule has 0 radical (unpaired) electrons. The van der Waals surface area contributed by atoms with Crippen molar-refractivity contribution in [3.63, 3.8) is 0 Å². The van der Waals surface area contributed by atoms with E-state index in [2.05, 4.69) is 15.9 Å². The van der Waals surface area contributed by atoms with Gasteiger partial charge in [0, 0.05) is 15.6 Å². The largest absolute Gasteiger partial charge is 0.493 e. The maximum absolute atomic E-state index is 11.1. The molecule has 4 heteroatoms. The SMILES string of the molecule is COc1c(OCc2ccccc2)cc(C=O)c(Br)c1C. The second-order valence-corrected chi connectivity index (χ2v) is 5.12. The van der Waals surface area contributed by atoms with Crippen LogP contribution < -0.4 is 9.47 Å². The maximum Gasteiger partial charge on any atom is 0.164 e. The van der Waals surface area contributed by atoms with Crippen molar-refractivity contribution in [3.8, 4) is 11.5 Å². The molecule has 0 unspecified atom stereocenters. The van der Waals surface area contributed by atoms with Gasteiger partial charge in [-0.15, -0.1) is 0 Å². The van der Waals surface area contributed by atoms with E-state index in [1.165, 1.54) is 0 Å². The van der Waals surface area contributed by atoms with Gasteiger partial charge in [0.15, 0.2) is 17.8 Å². The number of hydrogen-bond donors (Lipinski definition) is 0. The van der Waals surface area contributed by atoms with E-state index < -0.39 is 0 Å². The van der Waals surface area contributed by atoms with Gasteiger partial charge in [-0.2, -0.15) is 0 Å². The highest BCUT2D eigenvalue weighted by Crippen LogP contribution is 2.38. The van der Waals surface area contributed by atoms with Gasteiger partial charge in [0.1, 0.15) is 6.61 Å². The Hall–Kier alpha value is -1.81. The molecule has 0 atom stereocenters. The molecule has 0 saturated carbocycles. The van der Waals surface area contributed by atoms with Crippen LogP contribution in [0.2, 0.25) is 0 Å². The van der Waals surface area contributed by atoms with E-state index in [4.69, 9.17) is 9.47 Å². The van der Waals surface area contributed by atoms with Gasteiger partial charge in [-0.05, 0) is 34.5 Å². The van der Waals surface area contributed by atoms with Crippen molar-refractivity contribution >= 4 is 22.2 Å². The molecule has 0 N–H and O–H groups in total. The van der Waals surface area contributed by atoms with Crippen molar-refractivity contribution in [3.05, 3.63) is 57.6 Å². The average molecular weight is 335 g/mol. The van der Waals surface area contributed by atoms with Crippen LogP contribution in [-0.2, 0) is 6.61 Å². The van der Waals surface area contributed by atoms with Crippen molar-refractivity contribution in [1.29, 1.82) is 0 Å². The summed E-state index contributed by atoms with van der Waals surface area (Å²) in [6.07, 6.45) is 0.798. The van der Waals surface area contributed by atoms with Crippen molar-refractivity contribution < 1.29 is 14.3 Å². The lowest BCUT2D eigenvalue weighted by Gasteiger charge is -2.15. The number of rotatable bonds is 5. The van der Waals surface area contributed by atoms with E-state index in [1.807, 2.05) is 37.3 Å². The summed E-state index contributed by atoms with van der Waals surface area (Å²) in [7, 11) is 1.59. The Morgan fingerprint density at radius 3 is 2.55 bits per heavy atom. The normalized spacial score (nSPS) is 10.2. The molecule has 0 aliphatic heterocycles. The molecule has 0 aliphatic carbocycles. The summed E-state index contributed by atoms with van der Waals surface area (Å²) in [4.78, 5) is 11.1. The Morgan fingerprint density at radius 1 is 1.25 bits per heavy atom. The van der Waals surface area contributed by atoms with Gasteiger partial charge < -0.3 is 9.47 Å². The lowest BCUT2D eigenvalue weighted by atomic mass is 10.1. The van der Waals surface area contributed by atoms with E-state index in [1.54, 1.807) is 13.2 Å². The summed E-state index contributed by atoms with van der Waals surface area (Å²) in [5.74, 6) is 1.21. The first kappa shape index (κ1) is 14.6. The maximum atomic E-state index is 11.1. The fourth-order valence-corrected chi connectivity index (χ4v) is 2.34. The third-order valence-electron chi connectivity index (χ3n) is 3.00. The first-order chi connectivity index (χ1) is 9.67. The van der Waals surface area contributed by atoms with E-state index in [0.29, 0.717) is 23.7 Å². The molecule has 0 heterocycles. The molecule has 2 aromatic rings. The highest BCUT2D eigenvalue weighted by molar-refractivity contribution is 9.10. The summed E-state index contributed by atoms with van der Waals surface area (Å²) < 4.78 is 11.9. The standard InChI is InChI=1S/C16H15BrO3/c1-11-15(17)13(9-18)8-14(16(11)19-2)20-10-12-6-4-3-5-7-12/h3-9H,10H2,1-2H3. The Balaban J connectivity index is 2.31. The zero-order valence-electron chi connectivity index (χ0n) is 11.4. The molecule has 2 aromatic carbocycles. The highest BCUT2D eigenvalue weighted by atomic mass is 79.9. The number of carbonyl (C=O) groups excluding carboxylic acids is 1. The van der Waals surface area contributed by atoms with Crippen molar-refractivity contribution in [2.45, 2.75) is 13.5 Å². The quantitative estimate of drug-likeness (QED) is 0.770. The summed E-state index contributed by atoms with van der Waals surface area (Å²) in [6, 6.07) is 11.5. The Labute approximate surface area is 126 Å². The van der Waals surface area contributed by atoms with Gasteiger partial charge in [0.25, 0.3) is 0 Å². The molecule has 0 aromatic heterocycles. The minimum atomic E-state index is 0.427. The third kappa shape index (κ3) is 3.02. The summed E-state index contributed by atoms with van der Waals surface area (Å²) in [6.45, 7) is 2.31. The van der Waals surface area contributed by atoms with E-state index in [-0.39, 0.29) is 0 Å². The number of carbonyl (C=O) groups is 1. The Bertz CT molecular complexity index is 609. The molecule has 0 saturated heterocycles. The summed E-state index contributed by atoms with van der Waals surface area (Å²) in [5, 5.41) is 0. The van der Waals surface area contributed by atoms with Gasteiger partial charge in [-0.1, -0.05) is 30.3 Å². The van der Waals surface area contributed by atoms with Gasteiger partial charge in [-0.3, -0.25) is 4.79 Å². The molecule has 0 bridgehead atoms. The smallest absolute Gasteiger partial charge is 0.164 e. The van der Waals surface area contributed by atoms with Crippen molar-refractivity contribution in [2.75, 3.05) is 7.11 Å². The lowest BCUT2D eigenvalue weighted by Crippen LogP contribution is -2.01. The molecule has 0 spiro atoms. The van der Waals surface area contributed by atoms with Gasteiger partial charge in [-0.25, -0.2) is 0 Å². The fourth-order valence-electron chi connectivity index (χ4n) is 1.95. The number of ether oxygens (including phenoxy) is 2. The first-order valence-electron chi connectivity index (χ1n) is 6.16. The number of halogens is 1. The molecule has 104 valence electrons. The molecular weight excluding hydrogens is 320 g/mol. The van der Waals surface area contributed by atoms with Crippen molar-refractivity contribution in [1.82, 2.24) is 0 Å². The number of methoxy groups -OCH3 is 1. The van der Waals surface area contributed by atoms with Crippen LogP contribution in [0, 0.1) is 6.92 Å². The molecule has 20 heavy (non-hydrogen) atoms. The molecular formula is C16H15BrO3. The zero-order valence-corrected chi connectivity index (χ0v) is 12.9. The predicted octanol–water partition coefficient (Wildman–Crippen LogP) is 4.16. The predicted molar refractivity (Wildman–Crippen MR) is 81.6 cm³/mol. The monoisotopic (exact) mass is 334 g/mol. The summed E-state index contributed by atoms with van der Waals surface area (Å²) in [5.41, 5.74) is 2.45. The average Bonchev–Trinajstić information content (AvgIpc) is 2.49. The number of aldehydes is 1. The van der Waals surface area contributed by atoms with Crippen LogP contribution in [-0.4, -0.2) is 13.4 Å². The molecule has 0 fully saturated rings. The first-order valence-corrected chi connectivity index (χ1v) is 6.95. The van der Waals surface area contributed by atoms with Gasteiger partial charge in [0.2, 0.25) is 0 Å². The second kappa shape index (κ2) is 6.57. The van der Waals surface area contributed by atoms with Crippen LogP contribution in [0.1, 0.15) is 21.5 Å². The lowest BCUT2D eigenvalue weighted by molar-refractivity contribution is 0.112. The topological polar surface area (TPSA) is 35.5 Å².